The van der Waals surface area contributed by atoms with Gasteiger partial charge in [0.2, 0.25) is 0 Å². The standard InChI is InChI=1S/C5H12S.C4HF9O3S/c1-3-5-6-4-2;5-1(6,3(9,10)11)2(7,8)4(12,13)17(14,15)16/h3-5H2,1-2H3;(H,14,15,16). The molecule has 0 bridgehead atoms. The van der Waals surface area contributed by atoms with Gasteiger partial charge in [-0.2, -0.15) is 39.5 Å². The van der Waals surface area contributed by atoms with E-state index in [9.17, 15) is 52.5 Å². The van der Waals surface area contributed by atoms with Crippen LogP contribution in [-0.2, 0) is 21.9 Å². The molecule has 0 atom stereocenters. The van der Waals surface area contributed by atoms with Gasteiger partial charge in [-0.15, -0.1) is 0 Å². The van der Waals surface area contributed by atoms with Crippen molar-refractivity contribution in [1.29, 1.82) is 0 Å². The first kappa shape index (κ1) is 24.9. The number of halogens is 9. The summed E-state index contributed by atoms with van der Waals surface area (Å²) in [6.45, 7) is 4.44. The third-order valence-corrected chi connectivity index (χ3v) is 4.13. The van der Waals surface area contributed by atoms with Crippen LogP contribution in [0, 0.1) is 0 Å². The highest BCUT2D eigenvalue weighted by Gasteiger charge is 2.83. The van der Waals surface area contributed by atoms with Gasteiger partial charge in [0.25, 0.3) is 0 Å². The molecule has 0 radical (unpaired) electrons. The highest BCUT2D eigenvalue weighted by atomic mass is 32.2. The fourth-order valence-electron chi connectivity index (χ4n) is 0.834. The summed E-state index contributed by atoms with van der Waals surface area (Å²) in [7, 11) is -7.42. The van der Waals surface area contributed by atoms with Gasteiger partial charge in [0.1, 0.15) is 11.5 Å². The Labute approximate surface area is 130 Å². The summed E-state index contributed by atoms with van der Waals surface area (Å²) in [6, 6.07) is 0. The van der Waals surface area contributed by atoms with E-state index < -0.39 is 33.4 Å². The van der Waals surface area contributed by atoms with E-state index in [0.717, 1.165) is 0 Å². The zero-order chi connectivity index (χ0) is 19.3. The van der Waals surface area contributed by atoms with Gasteiger partial charge in [-0.1, -0.05) is 6.92 Å². The monoisotopic (exact) mass is 404 g/mol. The molecule has 0 aliphatic rings. The Kier molecular flexibility index (Phi) is 8.80. The largest absolute Gasteiger partial charge is 0.743 e. The normalized spacial score (nSPS) is 14.3. The van der Waals surface area contributed by atoms with E-state index in [4.69, 9.17) is 0 Å². The molecule has 0 saturated heterocycles. The minimum absolute atomic E-state index is 1.33. The molecule has 0 aromatic heterocycles. The summed E-state index contributed by atoms with van der Waals surface area (Å²) >= 11 is 1.61. The maximum atomic E-state index is 12.2. The third-order valence-electron chi connectivity index (χ3n) is 2.04. The van der Waals surface area contributed by atoms with Gasteiger partial charge >= 0.3 is 23.3 Å². The van der Waals surface area contributed by atoms with E-state index >= 15 is 0 Å². The van der Waals surface area contributed by atoms with E-state index in [1.165, 1.54) is 17.9 Å². The molecule has 14 heteroatoms. The second kappa shape index (κ2) is 8.14. The number of hydrogen-bond acceptors (Lipinski definition) is 3. The summed E-state index contributed by atoms with van der Waals surface area (Å²) < 4.78 is 135. The lowest BCUT2D eigenvalue weighted by molar-refractivity contribution is -0.382. The smallest absolute Gasteiger partial charge is 0.460 e. The summed E-state index contributed by atoms with van der Waals surface area (Å²) in [5.74, 6) is -12.1. The molecule has 0 aromatic carbocycles. The molecule has 0 aliphatic carbocycles. The first-order chi connectivity index (χ1) is 9.91. The van der Waals surface area contributed by atoms with Gasteiger partial charge in [-0.3, -0.25) is 0 Å². The number of alkyl halides is 9. The Balaban J connectivity index is 0. The minimum Gasteiger partial charge on any atom is -0.743 e. The Bertz CT molecular complexity index is 455. The van der Waals surface area contributed by atoms with Crippen molar-refractivity contribution in [2.45, 2.75) is 43.5 Å². The van der Waals surface area contributed by atoms with E-state index in [1.54, 1.807) is 11.8 Å². The van der Waals surface area contributed by atoms with Crippen LogP contribution in [0.1, 0.15) is 20.3 Å². The van der Waals surface area contributed by atoms with E-state index in [-0.39, 0.29) is 0 Å². The molecule has 0 saturated carbocycles. The lowest BCUT2D eigenvalue weighted by Crippen LogP contribution is -2.63. The maximum Gasteiger partial charge on any atom is 0.460 e. The second-order valence-corrected chi connectivity index (χ2v) is 6.83. The van der Waals surface area contributed by atoms with Gasteiger partial charge in [0.05, 0.1) is 0 Å². The predicted molar refractivity (Wildman–Crippen MR) is 65.1 cm³/mol. The summed E-state index contributed by atoms with van der Waals surface area (Å²) in [5, 5.41) is -7.11. The topological polar surface area (TPSA) is 57.2 Å². The number of hydrogen-bond donors (Lipinski definition) is 0. The van der Waals surface area contributed by atoms with Crippen LogP contribution in [0.2, 0.25) is 0 Å². The van der Waals surface area contributed by atoms with Crippen molar-refractivity contribution in [2.75, 3.05) is 11.5 Å². The Hall–Kier alpha value is -0.370. The number of rotatable bonds is 6. The molecule has 3 nitrogen and oxygen atoms in total. The zero-order valence-corrected chi connectivity index (χ0v) is 13.3. The quantitative estimate of drug-likeness (QED) is 0.225. The Morgan fingerprint density at radius 3 is 1.43 bits per heavy atom. The molecule has 0 rings (SSSR count). The summed E-state index contributed by atoms with van der Waals surface area (Å²) in [6.07, 6.45) is -5.82. The highest BCUT2D eigenvalue weighted by Crippen LogP contribution is 2.54. The molecule has 142 valence electrons. The maximum absolute atomic E-state index is 12.2. The van der Waals surface area contributed by atoms with E-state index in [1.807, 2.05) is 0 Å². The average molecular weight is 404 g/mol. The second-order valence-electron chi connectivity index (χ2n) is 3.88. The summed E-state index contributed by atoms with van der Waals surface area (Å²) in [5.41, 5.74) is 0. The molecular formula is C9H13F9O3S2. The molecule has 0 aliphatic heterocycles. The van der Waals surface area contributed by atoms with Crippen LogP contribution in [0.5, 0.6) is 0 Å². The predicted octanol–water partition coefficient (Wildman–Crippen LogP) is 3.19. The Morgan fingerprint density at radius 1 is 0.870 bits per heavy atom. The van der Waals surface area contributed by atoms with Gasteiger partial charge < -0.3 is 4.55 Å². The van der Waals surface area contributed by atoms with Gasteiger partial charge in [0.15, 0.2) is 10.1 Å². The molecule has 0 spiro atoms. The fraction of sp³-hybridized carbons (Fsp3) is 1.00. The van der Waals surface area contributed by atoms with E-state index in [0.29, 0.717) is 0 Å². The average Bonchev–Trinajstić information content (AvgIpc) is 2.33. The molecular weight excluding hydrogens is 391 g/mol. The zero-order valence-electron chi connectivity index (χ0n) is 11.6. The first-order valence-electron chi connectivity index (χ1n) is 5.70. The Morgan fingerprint density at radius 2 is 1.26 bits per heavy atom. The summed E-state index contributed by atoms with van der Waals surface area (Å²) in [4.78, 5) is 0. The van der Waals surface area contributed by atoms with E-state index in [2.05, 4.69) is 13.8 Å². The van der Waals surface area contributed by atoms with Crippen LogP contribution in [0.15, 0.2) is 0 Å². The molecule has 23 heavy (non-hydrogen) atoms. The van der Waals surface area contributed by atoms with Crippen molar-refractivity contribution < 1.29 is 52.5 Å². The SMILES string of the molecule is CCC[SH+]CC.O=S(=O)([O-])C(F)(F)C(F)(F)C(F)(F)C(F)(F)F. The lowest BCUT2D eigenvalue weighted by Gasteiger charge is -2.34. The minimum atomic E-state index is -7.43. The van der Waals surface area contributed by atoms with Crippen LogP contribution in [-0.4, -0.2) is 47.8 Å². The van der Waals surface area contributed by atoms with Crippen LogP contribution in [0.25, 0.3) is 0 Å². The van der Waals surface area contributed by atoms with Crippen LogP contribution in [0.3, 0.4) is 0 Å². The molecule has 0 N–H and O–H groups in total. The molecule has 0 unspecified atom stereocenters. The highest BCUT2D eigenvalue weighted by molar-refractivity contribution is 7.86. The van der Waals surface area contributed by atoms with Crippen molar-refractivity contribution in [3.8, 4) is 0 Å². The van der Waals surface area contributed by atoms with Crippen molar-refractivity contribution in [3.05, 3.63) is 0 Å². The third kappa shape index (κ3) is 5.59. The van der Waals surface area contributed by atoms with Crippen molar-refractivity contribution in [3.63, 3.8) is 0 Å². The molecule has 0 aromatic rings. The van der Waals surface area contributed by atoms with Crippen molar-refractivity contribution in [2.24, 2.45) is 0 Å². The van der Waals surface area contributed by atoms with Crippen molar-refractivity contribution >= 4 is 21.9 Å². The van der Waals surface area contributed by atoms with Crippen LogP contribution >= 0.6 is 0 Å². The van der Waals surface area contributed by atoms with Crippen LogP contribution in [0.4, 0.5) is 39.5 Å². The molecule has 0 amide bonds. The van der Waals surface area contributed by atoms with Gasteiger partial charge in [-0.25, -0.2) is 8.42 Å². The lowest BCUT2D eigenvalue weighted by atomic mass is 10.1. The van der Waals surface area contributed by atoms with Gasteiger partial charge in [0, 0.05) is 0 Å². The first-order valence-corrected chi connectivity index (χ1v) is 8.37. The van der Waals surface area contributed by atoms with Gasteiger partial charge in [-0.05, 0) is 25.1 Å². The number of thiol groups is 1. The molecule has 0 fully saturated rings. The fourth-order valence-corrected chi connectivity index (χ4v) is 1.91. The molecule has 0 heterocycles. The van der Waals surface area contributed by atoms with Crippen LogP contribution < -0.4 is 0 Å². The van der Waals surface area contributed by atoms with Crippen molar-refractivity contribution in [1.82, 2.24) is 0 Å².